The maximum Gasteiger partial charge on any atom is 0.410 e. The van der Waals surface area contributed by atoms with E-state index in [9.17, 15) is 4.79 Å². The minimum absolute atomic E-state index is 0.225. The lowest BCUT2D eigenvalue weighted by atomic mass is 9.94. The molecule has 2 aromatic rings. The Kier molecular flexibility index (Phi) is 5.81. The molecule has 0 unspecified atom stereocenters. The Hall–Kier alpha value is -2.53. The summed E-state index contributed by atoms with van der Waals surface area (Å²) in [5.74, 6) is 0.444. The zero-order chi connectivity index (χ0) is 19.3. The average Bonchev–Trinajstić information content (AvgIpc) is 2.92. The molecule has 0 spiro atoms. The first-order chi connectivity index (χ1) is 13.7. The standard InChI is InChI=1S/C23H29N3O2/c1-18-9-12-26(23(27)28-17-19-5-3-2-4-6-19)16-20-15-21(7-8-22(18)20)25-13-10-24-11-14-25/h2-8,15,18,24H,9-14,16-17H2,1H3/t18-/m1/s1. The van der Waals surface area contributed by atoms with Crippen molar-refractivity contribution in [3.8, 4) is 0 Å². The normalized spacial score (nSPS) is 19.7. The van der Waals surface area contributed by atoms with Crippen molar-refractivity contribution in [1.82, 2.24) is 10.2 Å². The quantitative estimate of drug-likeness (QED) is 0.882. The highest BCUT2D eigenvalue weighted by Crippen LogP contribution is 2.31. The van der Waals surface area contributed by atoms with Crippen LogP contribution in [-0.2, 0) is 17.9 Å². The molecule has 1 saturated heterocycles. The second-order valence-corrected chi connectivity index (χ2v) is 7.77. The molecule has 0 radical (unpaired) electrons. The van der Waals surface area contributed by atoms with Crippen molar-refractivity contribution in [2.24, 2.45) is 0 Å². The number of benzene rings is 2. The maximum atomic E-state index is 12.7. The molecule has 0 saturated carbocycles. The highest BCUT2D eigenvalue weighted by Gasteiger charge is 2.24. The fourth-order valence-electron chi connectivity index (χ4n) is 4.09. The van der Waals surface area contributed by atoms with Gasteiger partial charge >= 0.3 is 6.09 Å². The average molecular weight is 380 g/mol. The first-order valence-electron chi connectivity index (χ1n) is 10.2. The first-order valence-corrected chi connectivity index (χ1v) is 10.2. The summed E-state index contributed by atoms with van der Waals surface area (Å²) in [4.78, 5) is 17.0. The molecular weight excluding hydrogens is 350 g/mol. The summed E-state index contributed by atoms with van der Waals surface area (Å²) in [7, 11) is 0. The molecule has 2 aromatic carbocycles. The van der Waals surface area contributed by atoms with Crippen LogP contribution in [0.4, 0.5) is 10.5 Å². The number of fused-ring (bicyclic) bond motifs is 1. The molecule has 2 heterocycles. The number of carbonyl (C=O) groups excluding carboxylic acids is 1. The van der Waals surface area contributed by atoms with Gasteiger partial charge in [-0.15, -0.1) is 0 Å². The highest BCUT2D eigenvalue weighted by atomic mass is 16.6. The summed E-state index contributed by atoms with van der Waals surface area (Å²) >= 11 is 0. The number of nitrogens with zero attached hydrogens (tertiary/aromatic N) is 2. The van der Waals surface area contributed by atoms with E-state index >= 15 is 0 Å². The van der Waals surface area contributed by atoms with Gasteiger partial charge in [0.05, 0.1) is 0 Å². The predicted molar refractivity (Wildman–Crippen MR) is 112 cm³/mol. The lowest BCUT2D eigenvalue weighted by molar-refractivity contribution is 0.0939. The molecule has 1 N–H and O–H groups in total. The minimum atomic E-state index is -0.225. The molecule has 2 aliphatic heterocycles. The molecule has 1 fully saturated rings. The molecule has 148 valence electrons. The Bertz CT molecular complexity index is 803. The summed E-state index contributed by atoms with van der Waals surface area (Å²) in [6.07, 6.45) is 0.733. The summed E-state index contributed by atoms with van der Waals surface area (Å²) in [6, 6.07) is 16.6. The van der Waals surface area contributed by atoms with Gasteiger partial charge in [0.1, 0.15) is 6.61 Å². The van der Waals surface area contributed by atoms with Crippen LogP contribution in [-0.4, -0.2) is 43.7 Å². The lowest BCUT2D eigenvalue weighted by Gasteiger charge is -2.30. The fraction of sp³-hybridized carbons (Fsp3) is 0.435. The number of rotatable bonds is 3. The van der Waals surface area contributed by atoms with Gasteiger partial charge < -0.3 is 19.9 Å². The first kappa shape index (κ1) is 18.8. The van der Waals surface area contributed by atoms with E-state index in [0.717, 1.165) is 44.7 Å². The van der Waals surface area contributed by atoms with Gasteiger partial charge in [0.2, 0.25) is 0 Å². The van der Waals surface area contributed by atoms with E-state index in [1.165, 1.54) is 16.8 Å². The number of ether oxygens (including phenoxy) is 1. The van der Waals surface area contributed by atoms with Crippen LogP contribution in [0.3, 0.4) is 0 Å². The number of hydrogen-bond donors (Lipinski definition) is 1. The van der Waals surface area contributed by atoms with Crippen LogP contribution in [0.15, 0.2) is 48.5 Å². The van der Waals surface area contributed by atoms with Gasteiger partial charge in [-0.2, -0.15) is 0 Å². The Labute approximate surface area is 167 Å². The van der Waals surface area contributed by atoms with Gasteiger partial charge in [-0.25, -0.2) is 4.79 Å². The van der Waals surface area contributed by atoms with Crippen molar-refractivity contribution in [2.75, 3.05) is 37.6 Å². The van der Waals surface area contributed by atoms with Crippen molar-refractivity contribution < 1.29 is 9.53 Å². The minimum Gasteiger partial charge on any atom is -0.445 e. The third-order valence-electron chi connectivity index (χ3n) is 5.80. The number of carbonyl (C=O) groups is 1. The van der Waals surface area contributed by atoms with Gasteiger partial charge in [0.15, 0.2) is 0 Å². The summed E-state index contributed by atoms with van der Waals surface area (Å²) in [6.45, 7) is 8.01. The van der Waals surface area contributed by atoms with Crippen molar-refractivity contribution in [1.29, 1.82) is 0 Å². The van der Waals surface area contributed by atoms with Crippen LogP contribution in [0, 0.1) is 0 Å². The molecule has 0 aliphatic carbocycles. The number of anilines is 1. The highest BCUT2D eigenvalue weighted by molar-refractivity contribution is 5.68. The fourth-order valence-corrected chi connectivity index (χ4v) is 4.09. The van der Waals surface area contributed by atoms with Crippen molar-refractivity contribution >= 4 is 11.8 Å². The molecule has 28 heavy (non-hydrogen) atoms. The van der Waals surface area contributed by atoms with E-state index < -0.39 is 0 Å². The van der Waals surface area contributed by atoms with Crippen LogP contribution in [0.2, 0.25) is 0 Å². The summed E-state index contributed by atoms with van der Waals surface area (Å²) in [5, 5.41) is 3.40. The Morgan fingerprint density at radius 1 is 1.11 bits per heavy atom. The molecule has 5 nitrogen and oxygen atoms in total. The molecular formula is C23H29N3O2. The zero-order valence-electron chi connectivity index (χ0n) is 16.6. The monoisotopic (exact) mass is 379 g/mol. The Balaban J connectivity index is 1.47. The molecule has 0 bridgehead atoms. The molecule has 5 heteroatoms. The molecule has 1 amide bonds. The number of piperazine rings is 1. The van der Waals surface area contributed by atoms with E-state index in [4.69, 9.17) is 4.74 Å². The number of nitrogens with one attached hydrogen (secondary N) is 1. The van der Waals surface area contributed by atoms with Crippen LogP contribution >= 0.6 is 0 Å². The van der Waals surface area contributed by atoms with Crippen LogP contribution < -0.4 is 10.2 Å². The lowest BCUT2D eigenvalue weighted by Crippen LogP contribution is -2.43. The number of hydrogen-bond acceptors (Lipinski definition) is 4. The third kappa shape index (κ3) is 4.30. The van der Waals surface area contributed by atoms with Crippen LogP contribution in [0.25, 0.3) is 0 Å². The Morgan fingerprint density at radius 2 is 1.89 bits per heavy atom. The predicted octanol–water partition coefficient (Wildman–Crippen LogP) is 3.74. The Morgan fingerprint density at radius 3 is 2.68 bits per heavy atom. The van der Waals surface area contributed by atoms with E-state index in [0.29, 0.717) is 19.1 Å². The molecule has 1 atom stereocenters. The maximum absolute atomic E-state index is 12.7. The van der Waals surface area contributed by atoms with Gasteiger partial charge in [0, 0.05) is 45.0 Å². The van der Waals surface area contributed by atoms with E-state index in [1.54, 1.807) is 0 Å². The van der Waals surface area contributed by atoms with E-state index in [2.05, 4.69) is 35.3 Å². The second-order valence-electron chi connectivity index (χ2n) is 7.77. The smallest absolute Gasteiger partial charge is 0.410 e. The van der Waals surface area contributed by atoms with E-state index in [1.807, 2.05) is 35.2 Å². The third-order valence-corrected chi connectivity index (χ3v) is 5.80. The van der Waals surface area contributed by atoms with Gasteiger partial charge in [-0.05, 0) is 41.2 Å². The van der Waals surface area contributed by atoms with Crippen molar-refractivity contribution in [3.05, 3.63) is 65.2 Å². The molecule has 4 rings (SSSR count). The molecule has 2 aliphatic rings. The largest absolute Gasteiger partial charge is 0.445 e. The van der Waals surface area contributed by atoms with Crippen molar-refractivity contribution in [2.45, 2.75) is 32.4 Å². The summed E-state index contributed by atoms with van der Waals surface area (Å²) < 4.78 is 5.59. The topological polar surface area (TPSA) is 44.8 Å². The SMILES string of the molecule is C[C@@H]1CCN(C(=O)OCc2ccccc2)Cc2cc(N3CCNCC3)ccc21. The van der Waals surface area contributed by atoms with Gasteiger partial charge in [-0.3, -0.25) is 0 Å². The van der Waals surface area contributed by atoms with Crippen LogP contribution in [0.1, 0.15) is 36.0 Å². The van der Waals surface area contributed by atoms with E-state index in [-0.39, 0.29) is 6.09 Å². The van der Waals surface area contributed by atoms with Gasteiger partial charge in [0.25, 0.3) is 0 Å². The summed E-state index contributed by atoms with van der Waals surface area (Å²) in [5.41, 5.74) is 4.88. The molecule has 0 aromatic heterocycles. The zero-order valence-corrected chi connectivity index (χ0v) is 16.6. The van der Waals surface area contributed by atoms with Gasteiger partial charge in [-0.1, -0.05) is 43.3 Å². The van der Waals surface area contributed by atoms with Crippen molar-refractivity contribution in [3.63, 3.8) is 0 Å². The number of amides is 1. The second kappa shape index (κ2) is 8.65. The van der Waals surface area contributed by atoms with Crippen LogP contribution in [0.5, 0.6) is 0 Å².